The van der Waals surface area contributed by atoms with Crippen LogP contribution in [0.5, 0.6) is 5.75 Å². The number of H-pyrrole nitrogens is 1. The number of ether oxygens (including phenoxy) is 1. The summed E-state index contributed by atoms with van der Waals surface area (Å²) in [7, 11) is 1.59. The monoisotopic (exact) mass is 362 g/mol. The molecule has 1 amide bonds. The van der Waals surface area contributed by atoms with Gasteiger partial charge in [-0.2, -0.15) is 0 Å². The highest BCUT2D eigenvalue weighted by Gasteiger charge is 2.29. The SMILES string of the molecule is COc1cc[nH]c1C=C1C(=O)Nc2cccc(C#CC3(O)CCCCC3)c21. The molecule has 138 valence electrons. The van der Waals surface area contributed by atoms with Crippen molar-refractivity contribution in [3.8, 4) is 17.6 Å². The summed E-state index contributed by atoms with van der Waals surface area (Å²) >= 11 is 0. The maximum atomic E-state index is 12.5. The predicted molar refractivity (Wildman–Crippen MR) is 105 cm³/mol. The van der Waals surface area contributed by atoms with Crippen molar-refractivity contribution in [1.29, 1.82) is 0 Å². The molecule has 3 N–H and O–H groups in total. The molecular weight excluding hydrogens is 340 g/mol. The molecular formula is C22H22N2O3. The number of amides is 1. The number of methoxy groups -OCH3 is 1. The van der Waals surface area contributed by atoms with Crippen molar-refractivity contribution in [2.75, 3.05) is 12.4 Å². The normalized spacial score (nSPS) is 19.2. The molecule has 2 aromatic rings. The van der Waals surface area contributed by atoms with Gasteiger partial charge in [-0.05, 0) is 50.0 Å². The zero-order valence-electron chi connectivity index (χ0n) is 15.3. The minimum atomic E-state index is -0.927. The van der Waals surface area contributed by atoms with E-state index in [4.69, 9.17) is 4.74 Å². The smallest absolute Gasteiger partial charge is 0.256 e. The van der Waals surface area contributed by atoms with E-state index in [-0.39, 0.29) is 5.91 Å². The summed E-state index contributed by atoms with van der Waals surface area (Å²) in [5, 5.41) is 13.6. The molecule has 27 heavy (non-hydrogen) atoms. The van der Waals surface area contributed by atoms with Crippen molar-refractivity contribution in [3.63, 3.8) is 0 Å². The van der Waals surface area contributed by atoms with Crippen LogP contribution in [0.15, 0.2) is 30.5 Å². The van der Waals surface area contributed by atoms with Crippen LogP contribution in [0, 0.1) is 11.8 Å². The van der Waals surface area contributed by atoms with Gasteiger partial charge in [0.15, 0.2) is 0 Å². The third kappa shape index (κ3) is 3.36. The Bertz CT molecular complexity index is 969. The van der Waals surface area contributed by atoms with Crippen molar-refractivity contribution in [3.05, 3.63) is 47.3 Å². The zero-order valence-corrected chi connectivity index (χ0v) is 15.3. The van der Waals surface area contributed by atoms with Gasteiger partial charge >= 0.3 is 0 Å². The van der Waals surface area contributed by atoms with E-state index in [9.17, 15) is 9.90 Å². The van der Waals surface area contributed by atoms with E-state index >= 15 is 0 Å². The van der Waals surface area contributed by atoms with Gasteiger partial charge < -0.3 is 20.1 Å². The summed E-state index contributed by atoms with van der Waals surface area (Å²) in [4.78, 5) is 15.6. The Balaban J connectivity index is 1.76. The van der Waals surface area contributed by atoms with Crippen LogP contribution in [0.2, 0.25) is 0 Å². The fourth-order valence-electron chi connectivity index (χ4n) is 3.74. The molecule has 0 radical (unpaired) electrons. The molecule has 1 fully saturated rings. The molecule has 0 unspecified atom stereocenters. The van der Waals surface area contributed by atoms with E-state index in [2.05, 4.69) is 22.1 Å². The third-order valence-corrected chi connectivity index (χ3v) is 5.18. The fourth-order valence-corrected chi connectivity index (χ4v) is 3.74. The highest BCUT2D eigenvalue weighted by molar-refractivity contribution is 6.35. The molecule has 0 atom stereocenters. The fraction of sp³-hybridized carbons (Fsp3) is 0.318. The summed E-state index contributed by atoms with van der Waals surface area (Å²) < 4.78 is 5.32. The van der Waals surface area contributed by atoms with Crippen molar-refractivity contribution in [2.45, 2.75) is 37.7 Å². The Morgan fingerprint density at radius 3 is 2.81 bits per heavy atom. The molecule has 2 aliphatic rings. The van der Waals surface area contributed by atoms with Crippen LogP contribution < -0.4 is 10.1 Å². The highest BCUT2D eigenvalue weighted by Crippen LogP contribution is 2.36. The Morgan fingerprint density at radius 2 is 2.04 bits per heavy atom. The number of aliphatic hydroxyl groups is 1. The molecule has 0 spiro atoms. The highest BCUT2D eigenvalue weighted by atomic mass is 16.5. The summed E-state index contributed by atoms with van der Waals surface area (Å²) in [6, 6.07) is 7.43. The van der Waals surface area contributed by atoms with Crippen molar-refractivity contribution in [2.24, 2.45) is 0 Å². The molecule has 0 bridgehead atoms. The van der Waals surface area contributed by atoms with Crippen LogP contribution >= 0.6 is 0 Å². The number of fused-ring (bicyclic) bond motifs is 1. The molecule has 1 saturated carbocycles. The largest absolute Gasteiger partial charge is 0.495 e. The lowest BCUT2D eigenvalue weighted by Crippen LogP contribution is -2.29. The van der Waals surface area contributed by atoms with Crippen molar-refractivity contribution < 1.29 is 14.6 Å². The molecule has 1 aliphatic heterocycles. The Hall–Kier alpha value is -2.97. The summed E-state index contributed by atoms with van der Waals surface area (Å²) in [5.41, 5.74) is 2.58. The molecule has 2 heterocycles. The summed E-state index contributed by atoms with van der Waals surface area (Å²) in [5.74, 6) is 6.70. The summed E-state index contributed by atoms with van der Waals surface area (Å²) in [6.45, 7) is 0. The van der Waals surface area contributed by atoms with Crippen LogP contribution in [0.25, 0.3) is 11.6 Å². The number of rotatable bonds is 2. The van der Waals surface area contributed by atoms with Gasteiger partial charge in [0.2, 0.25) is 0 Å². The molecule has 1 aromatic heterocycles. The molecule has 5 heteroatoms. The molecule has 1 aliphatic carbocycles. The van der Waals surface area contributed by atoms with Crippen LogP contribution in [0.4, 0.5) is 5.69 Å². The number of benzene rings is 1. The molecule has 5 nitrogen and oxygen atoms in total. The molecule has 4 rings (SSSR count). The van der Waals surface area contributed by atoms with E-state index in [1.807, 2.05) is 24.3 Å². The number of nitrogens with one attached hydrogen (secondary N) is 2. The Morgan fingerprint density at radius 1 is 1.22 bits per heavy atom. The van der Waals surface area contributed by atoms with E-state index in [1.54, 1.807) is 19.4 Å². The third-order valence-electron chi connectivity index (χ3n) is 5.18. The maximum Gasteiger partial charge on any atom is 0.256 e. The van der Waals surface area contributed by atoms with E-state index in [0.29, 0.717) is 24.2 Å². The second kappa shape index (κ2) is 6.98. The Kier molecular flexibility index (Phi) is 4.51. The topological polar surface area (TPSA) is 74.4 Å². The van der Waals surface area contributed by atoms with Crippen LogP contribution in [0.3, 0.4) is 0 Å². The quantitative estimate of drug-likeness (QED) is 0.565. The van der Waals surface area contributed by atoms with Crippen LogP contribution in [0.1, 0.15) is 48.9 Å². The lowest BCUT2D eigenvalue weighted by atomic mass is 9.85. The van der Waals surface area contributed by atoms with Gasteiger partial charge in [-0.25, -0.2) is 0 Å². The van der Waals surface area contributed by atoms with Gasteiger partial charge in [0.25, 0.3) is 5.91 Å². The van der Waals surface area contributed by atoms with Gasteiger partial charge in [-0.1, -0.05) is 24.3 Å². The minimum absolute atomic E-state index is 0.174. The number of carbonyl (C=O) groups excluding carboxylic acids is 1. The minimum Gasteiger partial charge on any atom is -0.495 e. The second-order valence-corrected chi connectivity index (χ2v) is 7.04. The van der Waals surface area contributed by atoms with Crippen molar-refractivity contribution >= 4 is 23.2 Å². The van der Waals surface area contributed by atoms with Gasteiger partial charge in [-0.15, -0.1) is 0 Å². The Labute approximate surface area is 158 Å². The zero-order chi connectivity index (χ0) is 18.9. The lowest BCUT2D eigenvalue weighted by Gasteiger charge is -2.26. The number of hydrogen-bond acceptors (Lipinski definition) is 3. The van der Waals surface area contributed by atoms with Crippen molar-refractivity contribution in [1.82, 2.24) is 4.98 Å². The predicted octanol–water partition coefficient (Wildman–Crippen LogP) is 3.56. The lowest BCUT2D eigenvalue weighted by molar-refractivity contribution is -0.110. The number of carbonyl (C=O) groups is 1. The van der Waals surface area contributed by atoms with E-state index in [1.165, 1.54) is 0 Å². The second-order valence-electron chi connectivity index (χ2n) is 7.04. The average Bonchev–Trinajstić information content (AvgIpc) is 3.25. The van der Waals surface area contributed by atoms with Gasteiger partial charge in [-0.3, -0.25) is 4.79 Å². The summed E-state index contributed by atoms with van der Waals surface area (Å²) in [6.07, 6.45) is 8.09. The van der Waals surface area contributed by atoms with E-state index in [0.717, 1.165) is 41.8 Å². The number of aromatic amines is 1. The first-order chi connectivity index (χ1) is 13.1. The first-order valence-corrected chi connectivity index (χ1v) is 9.23. The van der Waals surface area contributed by atoms with Crippen LogP contribution in [-0.2, 0) is 4.79 Å². The average molecular weight is 362 g/mol. The standard InChI is InChI=1S/C22H22N2O3/c1-27-19-9-13-23-18(19)14-16-20-15(6-5-7-17(20)24-21(16)25)8-12-22(26)10-3-2-4-11-22/h5-7,9,13-14,23,26H,2-4,10-11H2,1H3,(H,24,25). The molecule has 0 saturated heterocycles. The van der Waals surface area contributed by atoms with E-state index < -0.39 is 5.60 Å². The van der Waals surface area contributed by atoms with Crippen LogP contribution in [-0.4, -0.2) is 28.7 Å². The van der Waals surface area contributed by atoms with Gasteiger partial charge in [0, 0.05) is 17.3 Å². The molecule has 1 aromatic carbocycles. The number of aromatic nitrogens is 1. The first kappa shape index (κ1) is 17.4. The number of anilines is 1. The maximum absolute atomic E-state index is 12.5. The van der Waals surface area contributed by atoms with Gasteiger partial charge in [0.1, 0.15) is 11.4 Å². The van der Waals surface area contributed by atoms with Gasteiger partial charge in [0.05, 0.1) is 24.1 Å². The number of hydrogen-bond donors (Lipinski definition) is 3. The first-order valence-electron chi connectivity index (χ1n) is 9.23.